The third-order valence-electron chi connectivity index (χ3n) is 5.97. The zero-order chi connectivity index (χ0) is 21.3. The van der Waals surface area contributed by atoms with Crippen LogP contribution in [-0.2, 0) is 0 Å². The lowest BCUT2D eigenvalue weighted by atomic mass is 10.1. The predicted octanol–water partition coefficient (Wildman–Crippen LogP) is 7.85. The van der Waals surface area contributed by atoms with Gasteiger partial charge in [-0.2, -0.15) is 0 Å². The van der Waals surface area contributed by atoms with Gasteiger partial charge in [0, 0.05) is 22.1 Å². The molecule has 2 heteroatoms. The van der Waals surface area contributed by atoms with Crippen molar-refractivity contribution in [3.63, 3.8) is 0 Å². The van der Waals surface area contributed by atoms with E-state index in [1.807, 2.05) is 0 Å². The molecule has 0 saturated carbocycles. The molecule has 0 saturated heterocycles. The Bertz CT molecular complexity index is 1480. The van der Waals surface area contributed by atoms with Gasteiger partial charge in [0.2, 0.25) is 0 Å². The van der Waals surface area contributed by atoms with E-state index >= 15 is 0 Å². The van der Waals surface area contributed by atoms with Gasteiger partial charge in [-0.3, -0.25) is 0 Å². The van der Waals surface area contributed by atoms with Gasteiger partial charge in [0.25, 0.3) is 0 Å². The van der Waals surface area contributed by atoms with Gasteiger partial charge in [-0.25, -0.2) is 0 Å². The predicted molar refractivity (Wildman–Crippen MR) is 135 cm³/mol. The molecule has 0 atom stereocenters. The van der Waals surface area contributed by atoms with Crippen LogP contribution in [0.1, 0.15) is 0 Å². The second-order valence-electron chi connectivity index (χ2n) is 7.86. The average molecular weight is 411 g/mol. The van der Waals surface area contributed by atoms with Crippen molar-refractivity contribution in [2.45, 2.75) is 0 Å². The molecule has 0 fully saturated rings. The zero-order valence-electron chi connectivity index (χ0n) is 17.6. The topological polar surface area (TPSA) is 9.86 Å². The molecule has 0 amide bonds. The fourth-order valence-corrected chi connectivity index (χ4v) is 4.61. The van der Waals surface area contributed by atoms with Crippen molar-refractivity contribution in [3.05, 3.63) is 133 Å². The van der Waals surface area contributed by atoms with Crippen LogP contribution < -0.4 is 0 Å². The van der Waals surface area contributed by atoms with E-state index in [1.165, 1.54) is 21.8 Å². The third kappa shape index (κ3) is 2.97. The van der Waals surface area contributed by atoms with Crippen molar-refractivity contribution in [2.24, 2.45) is 0 Å². The van der Waals surface area contributed by atoms with Crippen LogP contribution in [0.25, 0.3) is 44.2 Å². The largest absolute Gasteiger partial charge is 0.308 e. The maximum absolute atomic E-state index is 2.37. The molecule has 1 aromatic heterocycles. The maximum Gasteiger partial charge on any atom is 0.0702 e. The molecule has 0 aliphatic rings. The highest BCUT2D eigenvalue weighted by Crippen LogP contribution is 2.31. The quantitative estimate of drug-likeness (QED) is 0.275. The summed E-state index contributed by atoms with van der Waals surface area (Å²) in [5, 5.41) is 2.42. The summed E-state index contributed by atoms with van der Waals surface area (Å²) in [4.78, 5) is 0. The summed E-state index contributed by atoms with van der Waals surface area (Å²) in [6.45, 7) is 0. The average Bonchev–Trinajstić information content (AvgIpc) is 2.86. The lowest BCUT2D eigenvalue weighted by Crippen LogP contribution is -2.04. The SMILES string of the molecule is c1ccc(-n2c3ccccc3c3ccccc3n(-c3ccccc3)c3ccccc32)cc1. The highest BCUT2D eigenvalue weighted by molar-refractivity contribution is 6.06. The molecule has 6 rings (SSSR count). The fraction of sp³-hybridized carbons (Fsp3) is 0. The molecule has 0 aliphatic carbocycles. The summed E-state index contributed by atoms with van der Waals surface area (Å²) in [7, 11) is 0. The van der Waals surface area contributed by atoms with E-state index in [0.717, 1.165) is 22.4 Å². The molecule has 0 aliphatic heterocycles. The Balaban J connectivity index is 1.99. The maximum atomic E-state index is 2.37. The number of benzene rings is 5. The fourth-order valence-electron chi connectivity index (χ4n) is 4.61. The summed E-state index contributed by atoms with van der Waals surface area (Å²) in [5.74, 6) is 0. The van der Waals surface area contributed by atoms with Crippen molar-refractivity contribution in [2.75, 3.05) is 0 Å². The van der Waals surface area contributed by atoms with Crippen LogP contribution in [0, 0.1) is 0 Å². The summed E-state index contributed by atoms with van der Waals surface area (Å²) in [5.41, 5.74) is 6.91. The van der Waals surface area contributed by atoms with Gasteiger partial charge >= 0.3 is 0 Å². The van der Waals surface area contributed by atoms with E-state index in [2.05, 4.69) is 143 Å². The van der Waals surface area contributed by atoms with Gasteiger partial charge in [-0.05, 0) is 48.5 Å². The van der Waals surface area contributed by atoms with Crippen molar-refractivity contribution < 1.29 is 0 Å². The monoisotopic (exact) mass is 410 g/mol. The highest BCUT2D eigenvalue weighted by Gasteiger charge is 2.11. The Morgan fingerprint density at radius 2 is 0.594 bits per heavy atom. The minimum absolute atomic E-state index is 1.14. The molecular formula is C30H22N2. The van der Waals surface area contributed by atoms with E-state index < -0.39 is 0 Å². The van der Waals surface area contributed by atoms with Crippen LogP contribution in [0.3, 0.4) is 0 Å². The van der Waals surface area contributed by atoms with Crippen LogP contribution >= 0.6 is 0 Å². The smallest absolute Gasteiger partial charge is 0.0702 e. The summed E-state index contributed by atoms with van der Waals surface area (Å²) in [6, 6.07) is 47.3. The Labute approximate surface area is 186 Å². The number of hydrogen-bond donors (Lipinski definition) is 0. The molecule has 2 nitrogen and oxygen atoms in total. The van der Waals surface area contributed by atoms with Crippen LogP contribution in [0.2, 0.25) is 0 Å². The van der Waals surface area contributed by atoms with Crippen molar-refractivity contribution in [1.82, 2.24) is 9.13 Å². The van der Waals surface area contributed by atoms with E-state index in [1.54, 1.807) is 0 Å². The van der Waals surface area contributed by atoms with Crippen molar-refractivity contribution in [1.29, 1.82) is 0 Å². The number of aromatic nitrogens is 2. The third-order valence-corrected chi connectivity index (χ3v) is 5.97. The van der Waals surface area contributed by atoms with E-state index in [9.17, 15) is 0 Å². The lowest BCUT2D eigenvalue weighted by Gasteiger charge is -2.19. The first-order valence-corrected chi connectivity index (χ1v) is 10.9. The van der Waals surface area contributed by atoms with Gasteiger partial charge in [-0.1, -0.05) is 84.9 Å². The first-order valence-electron chi connectivity index (χ1n) is 10.9. The van der Waals surface area contributed by atoms with Gasteiger partial charge in [0.1, 0.15) is 0 Å². The molecule has 0 bridgehead atoms. The van der Waals surface area contributed by atoms with Gasteiger partial charge in [-0.15, -0.1) is 0 Å². The van der Waals surface area contributed by atoms with Crippen molar-refractivity contribution in [3.8, 4) is 11.4 Å². The van der Waals surface area contributed by atoms with Crippen LogP contribution in [0.5, 0.6) is 0 Å². The van der Waals surface area contributed by atoms with Crippen molar-refractivity contribution >= 4 is 32.8 Å². The standard InChI is InChI=1S/C30H22N2/c1-3-13-23(14-4-1)31-27-19-9-7-17-25(27)26-18-8-10-20-28(26)32(24-15-5-2-6-16-24)30-22-12-11-21-29(30)31/h1-22H. The Morgan fingerprint density at radius 1 is 0.281 bits per heavy atom. The molecular weight excluding hydrogens is 388 g/mol. The van der Waals surface area contributed by atoms with E-state index in [4.69, 9.17) is 0 Å². The minimum atomic E-state index is 1.14. The molecule has 0 unspecified atom stereocenters. The van der Waals surface area contributed by atoms with Gasteiger partial charge in [0.05, 0.1) is 22.1 Å². The molecule has 6 aromatic rings. The molecule has 1 heterocycles. The molecule has 5 aromatic carbocycles. The Hall–Kier alpha value is -4.30. The van der Waals surface area contributed by atoms with Gasteiger partial charge in [0.15, 0.2) is 0 Å². The summed E-state index contributed by atoms with van der Waals surface area (Å²) in [6.07, 6.45) is 0. The zero-order valence-corrected chi connectivity index (χ0v) is 17.6. The van der Waals surface area contributed by atoms with E-state index in [-0.39, 0.29) is 0 Å². The second-order valence-corrected chi connectivity index (χ2v) is 7.86. The van der Waals surface area contributed by atoms with Crippen LogP contribution in [-0.4, -0.2) is 9.13 Å². The molecule has 32 heavy (non-hydrogen) atoms. The van der Waals surface area contributed by atoms with Gasteiger partial charge < -0.3 is 9.13 Å². The number of nitrogens with zero attached hydrogens (tertiary/aromatic N) is 2. The normalized spacial score (nSPS) is 11.1. The minimum Gasteiger partial charge on any atom is -0.308 e. The highest BCUT2D eigenvalue weighted by atomic mass is 15.0. The number of fused-ring (bicyclic) bond motifs is 4. The van der Waals surface area contributed by atoms with Crippen LogP contribution in [0.4, 0.5) is 0 Å². The second kappa shape index (κ2) is 7.75. The number of hydrogen-bond acceptors (Lipinski definition) is 0. The van der Waals surface area contributed by atoms with Crippen LogP contribution in [0.15, 0.2) is 133 Å². The first-order chi connectivity index (χ1) is 15.9. The molecule has 0 N–H and O–H groups in total. The molecule has 0 spiro atoms. The Kier molecular flexibility index (Phi) is 4.47. The Morgan fingerprint density at radius 3 is 1.00 bits per heavy atom. The first kappa shape index (κ1) is 18.5. The molecule has 0 radical (unpaired) electrons. The lowest BCUT2D eigenvalue weighted by molar-refractivity contribution is 1.12. The summed E-state index contributed by atoms with van der Waals surface area (Å²) >= 11 is 0. The van der Waals surface area contributed by atoms with E-state index in [0.29, 0.717) is 0 Å². The number of rotatable bonds is 2. The summed E-state index contributed by atoms with van der Waals surface area (Å²) < 4.78 is 4.74. The number of para-hydroxylation sites is 6. The molecule has 152 valence electrons.